The predicted octanol–water partition coefficient (Wildman–Crippen LogP) is 3.51. The maximum absolute atomic E-state index is 11.8. The van der Waals surface area contributed by atoms with Gasteiger partial charge in [0.05, 0.1) is 0 Å². The molecule has 1 aromatic carbocycles. The molecule has 0 fully saturated rings. The van der Waals surface area contributed by atoms with Gasteiger partial charge in [-0.1, -0.05) is 29.3 Å². The molecule has 0 saturated carbocycles. The van der Waals surface area contributed by atoms with Crippen LogP contribution in [0.4, 0.5) is 5.69 Å². The Hall–Kier alpha value is -1.62. The molecule has 2 aromatic rings. The lowest BCUT2D eigenvalue weighted by molar-refractivity contribution is -0.116. The number of aromatic nitrogens is 1. The van der Waals surface area contributed by atoms with Crippen LogP contribution in [0.5, 0.6) is 0 Å². The fourth-order valence-electron chi connectivity index (χ4n) is 1.79. The van der Waals surface area contributed by atoms with Gasteiger partial charge in [0, 0.05) is 47.6 Å². The Labute approximate surface area is 133 Å². The quantitative estimate of drug-likeness (QED) is 0.800. The Bertz CT molecular complexity index is 585. The van der Waals surface area contributed by atoms with Crippen LogP contribution in [0, 0.1) is 0 Å². The average molecular weight is 324 g/mol. The Morgan fingerprint density at radius 1 is 1.19 bits per heavy atom. The van der Waals surface area contributed by atoms with E-state index in [1.807, 2.05) is 12.1 Å². The maximum Gasteiger partial charge on any atom is 0.225 e. The van der Waals surface area contributed by atoms with E-state index in [2.05, 4.69) is 15.6 Å². The van der Waals surface area contributed by atoms with E-state index in [9.17, 15) is 4.79 Å². The minimum Gasteiger partial charge on any atom is -0.326 e. The number of rotatable bonds is 6. The van der Waals surface area contributed by atoms with Gasteiger partial charge in [-0.25, -0.2) is 0 Å². The number of hydrogen-bond donors (Lipinski definition) is 2. The van der Waals surface area contributed by atoms with Gasteiger partial charge in [0.15, 0.2) is 0 Å². The van der Waals surface area contributed by atoms with Gasteiger partial charge >= 0.3 is 0 Å². The molecule has 0 aliphatic heterocycles. The first-order chi connectivity index (χ1) is 10.1. The molecule has 0 saturated heterocycles. The standard InChI is InChI=1S/C15H15Cl2N3O/c16-12-6-13(17)8-14(7-12)20-15(21)3-5-19-10-11-2-1-4-18-9-11/h1-2,4,6-9,19H,3,5,10H2,(H,20,21). The van der Waals surface area contributed by atoms with E-state index >= 15 is 0 Å². The number of pyridine rings is 1. The highest BCUT2D eigenvalue weighted by Crippen LogP contribution is 2.22. The molecule has 0 aliphatic rings. The largest absolute Gasteiger partial charge is 0.326 e. The normalized spacial score (nSPS) is 10.4. The highest BCUT2D eigenvalue weighted by molar-refractivity contribution is 6.35. The second kappa shape index (κ2) is 7.98. The summed E-state index contributed by atoms with van der Waals surface area (Å²) in [6, 6.07) is 8.80. The lowest BCUT2D eigenvalue weighted by atomic mass is 10.2. The summed E-state index contributed by atoms with van der Waals surface area (Å²) in [5.41, 5.74) is 1.68. The number of carbonyl (C=O) groups excluding carboxylic acids is 1. The van der Waals surface area contributed by atoms with E-state index in [-0.39, 0.29) is 5.91 Å². The van der Waals surface area contributed by atoms with E-state index in [0.717, 1.165) is 5.56 Å². The summed E-state index contributed by atoms with van der Waals surface area (Å²) in [4.78, 5) is 15.8. The summed E-state index contributed by atoms with van der Waals surface area (Å²) in [5.74, 6) is -0.0907. The molecule has 21 heavy (non-hydrogen) atoms. The van der Waals surface area contributed by atoms with Crippen molar-refractivity contribution in [1.82, 2.24) is 10.3 Å². The number of halogens is 2. The summed E-state index contributed by atoms with van der Waals surface area (Å²) >= 11 is 11.7. The van der Waals surface area contributed by atoms with Crippen LogP contribution in [-0.4, -0.2) is 17.4 Å². The molecule has 110 valence electrons. The zero-order valence-corrected chi connectivity index (χ0v) is 12.8. The van der Waals surface area contributed by atoms with E-state index in [4.69, 9.17) is 23.2 Å². The summed E-state index contributed by atoms with van der Waals surface area (Å²) in [7, 11) is 0. The first-order valence-electron chi connectivity index (χ1n) is 6.49. The Morgan fingerprint density at radius 3 is 2.62 bits per heavy atom. The van der Waals surface area contributed by atoms with Gasteiger partial charge in [-0.15, -0.1) is 0 Å². The van der Waals surface area contributed by atoms with Crippen molar-refractivity contribution in [3.63, 3.8) is 0 Å². The number of anilines is 1. The second-order valence-electron chi connectivity index (χ2n) is 4.49. The Kier molecular flexibility index (Phi) is 5.99. The molecule has 2 N–H and O–H groups in total. The minimum absolute atomic E-state index is 0.0907. The lowest BCUT2D eigenvalue weighted by Crippen LogP contribution is -2.21. The summed E-state index contributed by atoms with van der Waals surface area (Å²) in [6.07, 6.45) is 3.89. The van der Waals surface area contributed by atoms with Crippen LogP contribution in [-0.2, 0) is 11.3 Å². The molecule has 0 radical (unpaired) electrons. The van der Waals surface area contributed by atoms with Crippen LogP contribution in [0.15, 0.2) is 42.7 Å². The first kappa shape index (κ1) is 15.8. The van der Waals surface area contributed by atoms with Gasteiger partial charge in [0.2, 0.25) is 5.91 Å². The number of hydrogen-bond acceptors (Lipinski definition) is 3. The predicted molar refractivity (Wildman–Crippen MR) is 85.7 cm³/mol. The van der Waals surface area contributed by atoms with Crippen molar-refractivity contribution in [2.24, 2.45) is 0 Å². The molecule has 0 aliphatic carbocycles. The number of benzene rings is 1. The summed E-state index contributed by atoms with van der Waals surface area (Å²) in [6.45, 7) is 1.26. The van der Waals surface area contributed by atoms with Gasteiger partial charge < -0.3 is 10.6 Å². The summed E-state index contributed by atoms with van der Waals surface area (Å²) in [5, 5.41) is 6.94. The van der Waals surface area contributed by atoms with Gasteiger partial charge in [0.1, 0.15) is 0 Å². The number of amides is 1. The smallest absolute Gasteiger partial charge is 0.225 e. The van der Waals surface area contributed by atoms with Crippen molar-refractivity contribution in [3.8, 4) is 0 Å². The fourth-order valence-corrected chi connectivity index (χ4v) is 2.31. The van der Waals surface area contributed by atoms with Crippen molar-refractivity contribution in [3.05, 3.63) is 58.3 Å². The van der Waals surface area contributed by atoms with E-state index in [1.165, 1.54) is 0 Å². The second-order valence-corrected chi connectivity index (χ2v) is 5.37. The van der Waals surface area contributed by atoms with Crippen molar-refractivity contribution in [2.75, 3.05) is 11.9 Å². The van der Waals surface area contributed by atoms with Gasteiger partial charge in [-0.2, -0.15) is 0 Å². The third-order valence-electron chi connectivity index (χ3n) is 2.73. The average Bonchev–Trinajstić information content (AvgIpc) is 2.43. The van der Waals surface area contributed by atoms with Gasteiger partial charge in [0.25, 0.3) is 0 Å². The molecule has 0 spiro atoms. The van der Waals surface area contributed by atoms with Gasteiger partial charge in [-0.05, 0) is 29.8 Å². The van der Waals surface area contributed by atoms with E-state index < -0.39 is 0 Å². The molecule has 0 bridgehead atoms. The van der Waals surface area contributed by atoms with Crippen LogP contribution in [0.1, 0.15) is 12.0 Å². The van der Waals surface area contributed by atoms with Crippen LogP contribution in [0.3, 0.4) is 0 Å². The molecule has 0 unspecified atom stereocenters. The number of carbonyl (C=O) groups is 1. The number of nitrogens with one attached hydrogen (secondary N) is 2. The molecule has 0 atom stereocenters. The third kappa shape index (κ3) is 5.71. The number of nitrogens with zero attached hydrogens (tertiary/aromatic N) is 1. The molecule has 2 rings (SSSR count). The highest BCUT2D eigenvalue weighted by atomic mass is 35.5. The monoisotopic (exact) mass is 323 g/mol. The zero-order valence-electron chi connectivity index (χ0n) is 11.3. The molecule has 1 amide bonds. The fraction of sp³-hybridized carbons (Fsp3) is 0.200. The van der Waals surface area contributed by atoms with Crippen molar-refractivity contribution in [2.45, 2.75) is 13.0 Å². The zero-order chi connectivity index (χ0) is 15.1. The molecular weight excluding hydrogens is 309 g/mol. The topological polar surface area (TPSA) is 54.0 Å². The molecule has 1 heterocycles. The molecule has 1 aromatic heterocycles. The van der Waals surface area contributed by atoms with Crippen molar-refractivity contribution >= 4 is 34.8 Å². The van der Waals surface area contributed by atoms with Crippen LogP contribution >= 0.6 is 23.2 Å². The highest BCUT2D eigenvalue weighted by Gasteiger charge is 2.04. The molecular formula is C15H15Cl2N3O. The molecule has 6 heteroatoms. The van der Waals surface area contributed by atoms with Crippen molar-refractivity contribution in [1.29, 1.82) is 0 Å². The Morgan fingerprint density at radius 2 is 1.95 bits per heavy atom. The first-order valence-corrected chi connectivity index (χ1v) is 7.24. The summed E-state index contributed by atoms with van der Waals surface area (Å²) < 4.78 is 0. The maximum atomic E-state index is 11.8. The van der Waals surface area contributed by atoms with Crippen LogP contribution in [0.25, 0.3) is 0 Å². The SMILES string of the molecule is O=C(CCNCc1cccnc1)Nc1cc(Cl)cc(Cl)c1. The molecule has 4 nitrogen and oxygen atoms in total. The van der Waals surface area contributed by atoms with E-state index in [1.54, 1.807) is 30.6 Å². The minimum atomic E-state index is -0.0907. The van der Waals surface area contributed by atoms with Crippen LogP contribution < -0.4 is 10.6 Å². The van der Waals surface area contributed by atoms with E-state index in [0.29, 0.717) is 35.2 Å². The third-order valence-corrected chi connectivity index (χ3v) is 3.16. The van der Waals surface area contributed by atoms with Crippen molar-refractivity contribution < 1.29 is 4.79 Å². The van der Waals surface area contributed by atoms with Gasteiger partial charge in [-0.3, -0.25) is 9.78 Å². The Balaban J connectivity index is 1.72. The van der Waals surface area contributed by atoms with Crippen LogP contribution in [0.2, 0.25) is 10.0 Å². The lowest BCUT2D eigenvalue weighted by Gasteiger charge is -2.07.